The van der Waals surface area contributed by atoms with E-state index in [1.54, 1.807) is 0 Å². The summed E-state index contributed by atoms with van der Waals surface area (Å²) >= 11 is 0. The van der Waals surface area contributed by atoms with Crippen LogP contribution in [-0.4, -0.2) is 11.7 Å². The van der Waals surface area contributed by atoms with Gasteiger partial charge in [-0.1, -0.05) is 12.1 Å². The van der Waals surface area contributed by atoms with Gasteiger partial charge in [0.15, 0.2) is 5.82 Å². The minimum Gasteiger partial charge on any atom is -0.298 e. The molecule has 21 heavy (non-hydrogen) atoms. The van der Waals surface area contributed by atoms with E-state index in [4.69, 9.17) is 0 Å². The fraction of sp³-hybridized carbons (Fsp3) is 0.0667. The van der Waals surface area contributed by atoms with Gasteiger partial charge >= 0.3 is 0 Å². The Labute approximate surface area is 117 Å². The number of amides is 1. The molecule has 0 aliphatic carbocycles. The normalized spacial score (nSPS) is 13.8. The van der Waals surface area contributed by atoms with Crippen LogP contribution in [0.15, 0.2) is 36.4 Å². The van der Waals surface area contributed by atoms with E-state index < -0.39 is 29.1 Å². The number of halogens is 3. The van der Waals surface area contributed by atoms with E-state index >= 15 is 0 Å². The number of Topliss-reactive ketones (excluding diaryl/α,β-unsaturated/α-hetero) is 1. The van der Waals surface area contributed by atoms with Gasteiger partial charge in [-0.3, -0.25) is 14.5 Å². The summed E-state index contributed by atoms with van der Waals surface area (Å²) < 4.78 is 39.9. The molecule has 0 saturated carbocycles. The lowest BCUT2D eigenvalue weighted by molar-refractivity contribution is -0.114. The standard InChI is InChI=1S/C15H8F3NO2/c16-9-3-1-8(2-4-9)7-19-13-11(14(20)15(19)21)5-10(17)6-12(13)18/h1-6H,7H2. The summed E-state index contributed by atoms with van der Waals surface area (Å²) in [4.78, 5) is 24.6. The van der Waals surface area contributed by atoms with Crippen molar-refractivity contribution < 1.29 is 22.8 Å². The number of anilines is 1. The maximum atomic E-state index is 13.9. The van der Waals surface area contributed by atoms with Crippen LogP contribution in [0.4, 0.5) is 18.9 Å². The minimum absolute atomic E-state index is 0.0968. The number of carbonyl (C=O) groups is 2. The second kappa shape index (κ2) is 4.73. The molecule has 1 aliphatic rings. The fourth-order valence-electron chi connectivity index (χ4n) is 2.28. The molecule has 3 rings (SSSR count). The summed E-state index contributed by atoms with van der Waals surface area (Å²) in [5.74, 6) is -4.23. The van der Waals surface area contributed by atoms with E-state index in [2.05, 4.69) is 0 Å². The van der Waals surface area contributed by atoms with Crippen molar-refractivity contribution in [2.75, 3.05) is 4.90 Å². The monoisotopic (exact) mass is 291 g/mol. The van der Waals surface area contributed by atoms with Crippen LogP contribution in [0.25, 0.3) is 0 Å². The smallest absolute Gasteiger partial charge is 0.298 e. The first-order chi connectivity index (χ1) is 9.97. The number of nitrogens with zero attached hydrogens (tertiary/aromatic N) is 1. The average molecular weight is 291 g/mol. The lowest BCUT2D eigenvalue weighted by atomic mass is 10.1. The Morgan fingerprint density at radius 3 is 2.24 bits per heavy atom. The number of fused-ring (bicyclic) bond motifs is 1. The van der Waals surface area contributed by atoms with Crippen molar-refractivity contribution in [1.29, 1.82) is 0 Å². The van der Waals surface area contributed by atoms with Crippen molar-refractivity contribution in [3.8, 4) is 0 Å². The summed E-state index contributed by atoms with van der Waals surface area (Å²) in [6, 6.07) is 6.68. The molecule has 2 aromatic carbocycles. The van der Waals surface area contributed by atoms with Gasteiger partial charge in [-0.15, -0.1) is 0 Å². The van der Waals surface area contributed by atoms with Crippen LogP contribution in [0, 0.1) is 17.5 Å². The van der Waals surface area contributed by atoms with Gasteiger partial charge < -0.3 is 0 Å². The van der Waals surface area contributed by atoms with Crippen LogP contribution in [-0.2, 0) is 11.3 Å². The average Bonchev–Trinajstić information content (AvgIpc) is 2.67. The number of hydrogen-bond donors (Lipinski definition) is 0. The first-order valence-corrected chi connectivity index (χ1v) is 6.07. The first kappa shape index (κ1) is 13.4. The predicted octanol–water partition coefficient (Wildman–Crippen LogP) is 2.83. The van der Waals surface area contributed by atoms with E-state index in [1.165, 1.54) is 24.3 Å². The third-order valence-corrected chi connectivity index (χ3v) is 3.24. The molecule has 6 heteroatoms. The van der Waals surface area contributed by atoms with Crippen LogP contribution >= 0.6 is 0 Å². The zero-order valence-corrected chi connectivity index (χ0v) is 10.6. The third-order valence-electron chi connectivity index (χ3n) is 3.24. The van der Waals surface area contributed by atoms with E-state index in [1.807, 2.05) is 0 Å². The highest BCUT2D eigenvalue weighted by molar-refractivity contribution is 6.52. The predicted molar refractivity (Wildman–Crippen MR) is 68.3 cm³/mol. The molecular weight excluding hydrogens is 283 g/mol. The van der Waals surface area contributed by atoms with Gasteiger partial charge in [0.1, 0.15) is 11.6 Å². The Balaban J connectivity index is 2.03. The van der Waals surface area contributed by atoms with Gasteiger partial charge in [-0.2, -0.15) is 0 Å². The van der Waals surface area contributed by atoms with E-state index in [9.17, 15) is 22.8 Å². The Kier molecular flexibility index (Phi) is 3.01. The highest BCUT2D eigenvalue weighted by Gasteiger charge is 2.38. The fourth-order valence-corrected chi connectivity index (χ4v) is 2.28. The van der Waals surface area contributed by atoms with Gasteiger partial charge in [0.2, 0.25) is 0 Å². The topological polar surface area (TPSA) is 37.4 Å². The number of carbonyl (C=O) groups excluding carboxylic acids is 2. The summed E-state index contributed by atoms with van der Waals surface area (Å²) in [5.41, 5.74) is -0.00976. The summed E-state index contributed by atoms with van der Waals surface area (Å²) in [5, 5.41) is 0. The molecule has 0 atom stereocenters. The number of benzene rings is 2. The van der Waals surface area contributed by atoms with Crippen molar-refractivity contribution in [2.45, 2.75) is 6.54 Å². The maximum Gasteiger partial charge on any atom is 0.299 e. The van der Waals surface area contributed by atoms with Crippen LogP contribution in [0.3, 0.4) is 0 Å². The van der Waals surface area contributed by atoms with Crippen molar-refractivity contribution in [1.82, 2.24) is 0 Å². The van der Waals surface area contributed by atoms with Crippen molar-refractivity contribution in [2.24, 2.45) is 0 Å². The quantitative estimate of drug-likeness (QED) is 0.798. The van der Waals surface area contributed by atoms with Gasteiger partial charge in [0.05, 0.1) is 17.8 Å². The van der Waals surface area contributed by atoms with E-state index in [0.29, 0.717) is 11.6 Å². The van der Waals surface area contributed by atoms with Crippen molar-refractivity contribution in [3.05, 3.63) is 65.0 Å². The second-order valence-electron chi connectivity index (χ2n) is 4.63. The molecule has 106 valence electrons. The van der Waals surface area contributed by atoms with Crippen molar-refractivity contribution >= 4 is 17.4 Å². The van der Waals surface area contributed by atoms with Crippen molar-refractivity contribution in [3.63, 3.8) is 0 Å². The van der Waals surface area contributed by atoms with Gasteiger partial charge in [0, 0.05) is 6.07 Å². The summed E-state index contributed by atoms with van der Waals surface area (Å²) in [7, 11) is 0. The van der Waals surface area contributed by atoms with Crippen LogP contribution in [0.2, 0.25) is 0 Å². The Morgan fingerprint density at radius 2 is 1.57 bits per heavy atom. The lowest BCUT2D eigenvalue weighted by Crippen LogP contribution is -2.29. The molecular formula is C15H8F3NO2. The highest BCUT2D eigenvalue weighted by Crippen LogP contribution is 2.33. The molecule has 0 saturated heterocycles. The summed E-state index contributed by atoms with van der Waals surface area (Å²) in [6.45, 7) is -0.0968. The molecule has 2 aromatic rings. The Morgan fingerprint density at radius 1 is 0.905 bits per heavy atom. The molecule has 1 amide bonds. The number of ketones is 1. The molecule has 0 radical (unpaired) electrons. The van der Waals surface area contributed by atoms with Crippen LogP contribution in [0.5, 0.6) is 0 Å². The summed E-state index contributed by atoms with van der Waals surface area (Å²) in [6.07, 6.45) is 0. The SMILES string of the molecule is O=C1C(=O)N(Cc2ccc(F)cc2)c2c(F)cc(F)cc21. The Hall–Kier alpha value is -2.63. The molecule has 1 aliphatic heterocycles. The molecule has 0 fully saturated rings. The maximum absolute atomic E-state index is 13.9. The number of rotatable bonds is 2. The van der Waals surface area contributed by atoms with Crippen LogP contribution in [0.1, 0.15) is 15.9 Å². The zero-order valence-electron chi connectivity index (χ0n) is 10.6. The van der Waals surface area contributed by atoms with E-state index in [0.717, 1.165) is 11.0 Å². The third kappa shape index (κ3) is 2.18. The molecule has 0 spiro atoms. The van der Waals surface area contributed by atoms with Gasteiger partial charge in [-0.25, -0.2) is 13.2 Å². The lowest BCUT2D eigenvalue weighted by Gasteiger charge is -2.17. The molecule has 0 bridgehead atoms. The molecule has 0 N–H and O–H groups in total. The largest absolute Gasteiger partial charge is 0.299 e. The molecule has 0 unspecified atom stereocenters. The minimum atomic E-state index is -0.980. The molecule has 3 nitrogen and oxygen atoms in total. The van der Waals surface area contributed by atoms with Gasteiger partial charge in [0.25, 0.3) is 11.7 Å². The Bertz CT molecular complexity index is 756. The second-order valence-corrected chi connectivity index (χ2v) is 4.63. The molecule has 0 aromatic heterocycles. The van der Waals surface area contributed by atoms with Gasteiger partial charge in [-0.05, 0) is 23.8 Å². The zero-order chi connectivity index (χ0) is 15.1. The van der Waals surface area contributed by atoms with Crippen LogP contribution < -0.4 is 4.90 Å². The first-order valence-electron chi connectivity index (χ1n) is 6.07. The number of hydrogen-bond acceptors (Lipinski definition) is 2. The van der Waals surface area contributed by atoms with E-state index in [-0.39, 0.29) is 17.8 Å². The molecule has 1 heterocycles. The highest BCUT2D eigenvalue weighted by atomic mass is 19.1.